The summed E-state index contributed by atoms with van der Waals surface area (Å²) in [5.74, 6) is -8.65. The van der Waals surface area contributed by atoms with Crippen LogP contribution in [0.3, 0.4) is 0 Å². The number of Topliss-reactive ketones (excluding diaryl/α,β-unsaturated/α-hetero) is 2. The van der Waals surface area contributed by atoms with Crippen LogP contribution < -0.4 is 20.5 Å². The lowest BCUT2D eigenvalue weighted by Crippen LogP contribution is -2.66. The lowest BCUT2D eigenvalue weighted by atomic mass is 9.57. The van der Waals surface area contributed by atoms with Crippen LogP contribution in [0.25, 0.3) is 16.7 Å². The van der Waals surface area contributed by atoms with Crippen LogP contribution in [0, 0.1) is 17.7 Å². The predicted molar refractivity (Wildman–Crippen MR) is 210 cm³/mol. The van der Waals surface area contributed by atoms with Gasteiger partial charge in [0.05, 0.1) is 29.5 Å². The maximum absolute atomic E-state index is 15.6. The molecule has 6 N–H and O–H groups in total. The number of hydrogen-bond acceptors (Lipinski definition) is 13. The minimum absolute atomic E-state index is 0.00122. The summed E-state index contributed by atoms with van der Waals surface area (Å²) >= 11 is 0. The van der Waals surface area contributed by atoms with Crippen molar-refractivity contribution in [2.45, 2.75) is 43.4 Å². The summed E-state index contributed by atoms with van der Waals surface area (Å²) in [4.78, 5) is 73.9. The summed E-state index contributed by atoms with van der Waals surface area (Å²) in [5.41, 5.74) is -2.86. The highest BCUT2D eigenvalue weighted by Crippen LogP contribution is 2.53. The molecule has 1 amide bonds. The lowest BCUT2D eigenvalue weighted by Gasteiger charge is -2.50. The maximum Gasteiger partial charge on any atom is 0.341 e. The Kier molecular flexibility index (Phi) is 9.40. The highest BCUT2D eigenvalue weighted by molar-refractivity contribution is 6.25. The van der Waals surface area contributed by atoms with E-state index in [1.807, 2.05) is 9.80 Å². The van der Waals surface area contributed by atoms with Gasteiger partial charge in [-0.05, 0) is 75.5 Å². The highest BCUT2D eigenvalue weighted by atomic mass is 19.1. The number of benzene rings is 2. The summed E-state index contributed by atoms with van der Waals surface area (Å²) in [6, 6.07) is 4.56. The third-order valence-electron chi connectivity index (χ3n) is 12.5. The molecule has 4 aliphatic carbocycles. The number of aromatic hydroxyl groups is 1. The van der Waals surface area contributed by atoms with E-state index in [0.717, 1.165) is 18.9 Å². The van der Waals surface area contributed by atoms with E-state index >= 15 is 4.39 Å². The molecule has 5 aliphatic rings. The first-order valence-corrected chi connectivity index (χ1v) is 19.2. The number of carboxylic acid groups (broad SMARTS) is 1. The molecule has 3 fully saturated rings. The number of carbonyl (C=O) groups is 4. The van der Waals surface area contributed by atoms with E-state index in [-0.39, 0.29) is 53.5 Å². The molecular formula is C41H45FN6O10. The number of aromatic nitrogens is 1. The maximum atomic E-state index is 15.6. The van der Waals surface area contributed by atoms with E-state index in [1.54, 1.807) is 49.8 Å². The Hall–Kier alpha value is -5.78. The van der Waals surface area contributed by atoms with Gasteiger partial charge in [0.2, 0.25) is 11.2 Å². The van der Waals surface area contributed by atoms with Crippen LogP contribution in [0.4, 0.5) is 15.8 Å². The van der Waals surface area contributed by atoms with Crippen LogP contribution in [0.1, 0.15) is 46.8 Å². The number of likely N-dealkylation sites (N-methyl/N-ethyl adjacent to an activating group) is 1. The van der Waals surface area contributed by atoms with Crippen molar-refractivity contribution in [1.29, 1.82) is 0 Å². The van der Waals surface area contributed by atoms with Gasteiger partial charge in [-0.25, -0.2) is 9.18 Å². The quantitative estimate of drug-likeness (QED) is 0.180. The molecule has 2 saturated carbocycles. The predicted octanol–water partition coefficient (Wildman–Crippen LogP) is 1.93. The molecule has 17 heteroatoms. The van der Waals surface area contributed by atoms with E-state index in [0.29, 0.717) is 42.9 Å². The molecule has 1 saturated heterocycles. The van der Waals surface area contributed by atoms with Gasteiger partial charge in [-0.1, -0.05) is 0 Å². The number of carboxylic acids is 1. The topological polar surface area (TPSA) is 216 Å². The number of fused-ring (bicyclic) bond motifs is 4. The zero-order valence-electron chi connectivity index (χ0n) is 32.5. The van der Waals surface area contributed by atoms with Gasteiger partial charge in [-0.3, -0.25) is 29.0 Å². The highest BCUT2D eigenvalue weighted by Gasteiger charge is 2.64. The van der Waals surface area contributed by atoms with Crippen molar-refractivity contribution in [2.24, 2.45) is 11.8 Å². The van der Waals surface area contributed by atoms with Gasteiger partial charge in [0.25, 0.3) is 5.91 Å². The van der Waals surface area contributed by atoms with Gasteiger partial charge in [-0.2, -0.15) is 0 Å². The normalized spacial score (nSPS) is 24.9. The molecule has 0 spiro atoms. The number of aliphatic hydroxyl groups excluding tert-OH is 2. The number of aliphatic hydroxyl groups is 3. The minimum atomic E-state index is -2.74. The number of halogens is 1. The van der Waals surface area contributed by atoms with Crippen LogP contribution >= 0.6 is 0 Å². The van der Waals surface area contributed by atoms with E-state index in [4.69, 9.17) is 0 Å². The summed E-state index contributed by atoms with van der Waals surface area (Å²) in [6.45, 7) is 1.16. The van der Waals surface area contributed by atoms with Crippen LogP contribution in [0.2, 0.25) is 0 Å². The van der Waals surface area contributed by atoms with Crippen molar-refractivity contribution >= 4 is 51.5 Å². The Balaban J connectivity index is 1.03. The summed E-state index contributed by atoms with van der Waals surface area (Å²) < 4.78 is 17.3. The number of pyridine rings is 1. The largest absolute Gasteiger partial charge is 0.508 e. The fraction of sp³-hybridized carbons (Fsp3) is 0.439. The molecule has 0 radical (unpaired) electrons. The van der Waals surface area contributed by atoms with Gasteiger partial charge < -0.3 is 45.2 Å². The third-order valence-corrected chi connectivity index (χ3v) is 12.5. The first kappa shape index (κ1) is 39.1. The molecule has 8 rings (SSSR count). The Morgan fingerprint density at radius 2 is 1.69 bits per heavy atom. The fourth-order valence-electron chi connectivity index (χ4n) is 9.45. The SMILES string of the molecule is CN(C)c1ccc(O)c2c1C[C@H]1C[C@H]3[C@H](N(C)C)C(=O)C(C(=O)NCN4CCN(c5cc6c(cc5F)c(=O)c(C(=O)O)cn6C5CC5)CC4)=C(O)[C@@]3(O)C(=O)C1=C2O. The number of phenols is 1. The molecule has 1 aliphatic heterocycles. The molecule has 2 aromatic carbocycles. The van der Waals surface area contributed by atoms with E-state index in [9.17, 15) is 49.5 Å². The fourth-order valence-corrected chi connectivity index (χ4v) is 9.45. The minimum Gasteiger partial charge on any atom is -0.508 e. The molecule has 4 atom stereocenters. The summed E-state index contributed by atoms with van der Waals surface area (Å²) in [6.07, 6.45) is 3.14. The van der Waals surface area contributed by atoms with E-state index in [1.165, 1.54) is 17.2 Å². The van der Waals surface area contributed by atoms with Crippen molar-refractivity contribution < 1.29 is 49.1 Å². The second-order valence-corrected chi connectivity index (χ2v) is 16.4. The second-order valence-electron chi connectivity index (χ2n) is 16.4. The lowest BCUT2D eigenvalue weighted by molar-refractivity contribution is -0.153. The molecule has 3 aromatic rings. The summed E-state index contributed by atoms with van der Waals surface area (Å²) in [7, 11) is 6.75. The molecule has 1 aromatic heterocycles. The monoisotopic (exact) mass is 800 g/mol. The average Bonchev–Trinajstić information content (AvgIpc) is 4.01. The third kappa shape index (κ3) is 5.93. The summed E-state index contributed by atoms with van der Waals surface area (Å²) in [5, 5.41) is 58.3. The molecular weight excluding hydrogens is 755 g/mol. The smallest absolute Gasteiger partial charge is 0.341 e. The van der Waals surface area contributed by atoms with Gasteiger partial charge in [0.1, 0.15) is 34.2 Å². The van der Waals surface area contributed by atoms with Gasteiger partial charge in [0.15, 0.2) is 11.4 Å². The molecule has 306 valence electrons. The Bertz CT molecular complexity index is 2450. The number of carbonyl (C=O) groups excluding carboxylic acids is 3. The molecule has 2 heterocycles. The number of anilines is 2. The number of hydrogen-bond donors (Lipinski definition) is 6. The van der Waals surface area contributed by atoms with Gasteiger partial charge in [-0.15, -0.1) is 0 Å². The number of nitrogens with zero attached hydrogens (tertiary/aromatic N) is 5. The number of amides is 1. The molecule has 0 bridgehead atoms. The standard InChI is InChI=1S/C41H45FN6O10/c1-44(2)26-7-8-29(49)31-21(26)13-19-14-24-33(45(3)4)36(52)32(38(54)41(24,58)37(53)30(19)35(31)51)39(55)43-18-46-9-11-47(12-10-46)28-16-27-22(15-25(28)42)34(50)23(40(56)57)17-48(27)20-5-6-20/h7-8,15-17,19-20,24,33,49,51,54,58H,5-6,9-14,18H2,1-4H3,(H,43,55)(H,56,57)/t19-,24-,33-,41-/m0/s1. The first-order chi connectivity index (χ1) is 27.4. The number of rotatable bonds is 8. The van der Waals surface area contributed by atoms with Crippen molar-refractivity contribution in [3.63, 3.8) is 0 Å². The zero-order valence-corrected chi connectivity index (χ0v) is 32.5. The van der Waals surface area contributed by atoms with Crippen molar-refractivity contribution in [3.8, 4) is 5.75 Å². The Morgan fingerprint density at radius 3 is 2.31 bits per heavy atom. The molecule has 58 heavy (non-hydrogen) atoms. The first-order valence-electron chi connectivity index (χ1n) is 19.2. The van der Waals surface area contributed by atoms with E-state index < -0.39 is 80.8 Å². The van der Waals surface area contributed by atoms with Crippen molar-refractivity contribution in [3.05, 3.63) is 80.1 Å². The number of nitrogens with one attached hydrogen (secondary N) is 1. The van der Waals surface area contributed by atoms with Gasteiger partial charge >= 0.3 is 5.97 Å². The van der Waals surface area contributed by atoms with Crippen LogP contribution in [0.15, 0.2) is 52.2 Å². The molecule has 0 unspecified atom stereocenters. The van der Waals surface area contributed by atoms with E-state index in [2.05, 4.69) is 5.32 Å². The second kappa shape index (κ2) is 14.0. The van der Waals surface area contributed by atoms with Crippen LogP contribution in [-0.4, -0.2) is 136 Å². The molecule has 16 nitrogen and oxygen atoms in total. The Labute approximate surface area is 331 Å². The zero-order chi connectivity index (χ0) is 41.7. The van der Waals surface area contributed by atoms with Crippen LogP contribution in [0.5, 0.6) is 5.75 Å². The average molecular weight is 801 g/mol. The number of ketones is 2. The number of piperazine rings is 1. The van der Waals surface area contributed by atoms with Crippen LogP contribution in [-0.2, 0) is 20.8 Å². The van der Waals surface area contributed by atoms with Crippen molar-refractivity contribution in [2.75, 3.05) is 70.8 Å². The Morgan fingerprint density at radius 1 is 1.00 bits per heavy atom. The van der Waals surface area contributed by atoms with Crippen molar-refractivity contribution in [1.82, 2.24) is 19.7 Å². The number of aromatic carboxylic acids is 1. The number of phenolic OH excluding ortho intramolecular Hbond substituents is 1. The van der Waals surface area contributed by atoms with Gasteiger partial charge in [0, 0.05) is 75.1 Å².